The number of ether oxygens (including phenoxy) is 1. The van der Waals surface area contributed by atoms with Crippen LogP contribution < -0.4 is 5.73 Å². The minimum atomic E-state index is 0.252. The first-order valence-electron chi connectivity index (χ1n) is 5.58. The third kappa shape index (κ3) is 2.68. The summed E-state index contributed by atoms with van der Waals surface area (Å²) in [6, 6.07) is 0. The second kappa shape index (κ2) is 3.58. The summed E-state index contributed by atoms with van der Waals surface area (Å²) < 4.78 is 5.52. The normalized spacial score (nSPS) is 37.4. The van der Waals surface area contributed by atoms with Gasteiger partial charge < -0.3 is 10.5 Å². The summed E-state index contributed by atoms with van der Waals surface area (Å²) in [6.45, 7) is 3.14. The Kier molecular flexibility index (Phi) is 2.61. The molecule has 2 nitrogen and oxygen atoms in total. The van der Waals surface area contributed by atoms with Crippen molar-refractivity contribution >= 4 is 0 Å². The van der Waals surface area contributed by atoms with Crippen molar-refractivity contribution in [2.24, 2.45) is 11.7 Å². The van der Waals surface area contributed by atoms with Crippen LogP contribution in [0.1, 0.15) is 45.4 Å². The van der Waals surface area contributed by atoms with Crippen LogP contribution in [0, 0.1) is 5.92 Å². The Morgan fingerprint density at radius 2 is 2.23 bits per heavy atom. The Bertz CT molecular complexity index is 177. The Labute approximate surface area is 80.8 Å². The standard InChI is InChI=1S/C11H21NO/c1-9-8-10(3-7-13-9)2-4-11(12)5-6-11/h9-10H,2-8,12H2,1H3. The molecule has 0 amide bonds. The van der Waals surface area contributed by atoms with Gasteiger partial charge in [0.05, 0.1) is 6.10 Å². The van der Waals surface area contributed by atoms with Gasteiger partial charge >= 0.3 is 0 Å². The highest BCUT2D eigenvalue weighted by atomic mass is 16.5. The molecule has 1 saturated carbocycles. The molecule has 0 aromatic carbocycles. The third-order valence-corrected chi connectivity index (χ3v) is 3.54. The molecule has 2 N–H and O–H groups in total. The third-order valence-electron chi connectivity index (χ3n) is 3.54. The van der Waals surface area contributed by atoms with Crippen molar-refractivity contribution in [2.75, 3.05) is 6.61 Å². The maximum Gasteiger partial charge on any atom is 0.0549 e. The molecule has 13 heavy (non-hydrogen) atoms. The van der Waals surface area contributed by atoms with Gasteiger partial charge in [-0.25, -0.2) is 0 Å². The van der Waals surface area contributed by atoms with Crippen molar-refractivity contribution in [3.8, 4) is 0 Å². The monoisotopic (exact) mass is 183 g/mol. The molecule has 0 bridgehead atoms. The predicted molar refractivity (Wildman–Crippen MR) is 53.5 cm³/mol. The summed E-state index contributed by atoms with van der Waals surface area (Å²) in [4.78, 5) is 0. The summed E-state index contributed by atoms with van der Waals surface area (Å²) >= 11 is 0. The molecule has 0 radical (unpaired) electrons. The molecule has 1 heterocycles. The van der Waals surface area contributed by atoms with Gasteiger partial charge in [-0.2, -0.15) is 0 Å². The molecular weight excluding hydrogens is 162 g/mol. The molecule has 2 fully saturated rings. The molecule has 2 aliphatic rings. The average Bonchev–Trinajstić information content (AvgIpc) is 2.82. The SMILES string of the molecule is CC1CC(CCC2(N)CC2)CCO1. The lowest BCUT2D eigenvalue weighted by molar-refractivity contribution is -0.0000287. The summed E-state index contributed by atoms with van der Waals surface area (Å²) in [7, 11) is 0. The Hall–Kier alpha value is -0.0800. The Balaban J connectivity index is 1.68. The van der Waals surface area contributed by atoms with E-state index in [9.17, 15) is 0 Å². The topological polar surface area (TPSA) is 35.2 Å². The number of nitrogens with two attached hydrogens (primary N) is 1. The van der Waals surface area contributed by atoms with E-state index in [-0.39, 0.29) is 5.54 Å². The number of hydrogen-bond donors (Lipinski definition) is 1. The van der Waals surface area contributed by atoms with E-state index in [0.717, 1.165) is 12.5 Å². The van der Waals surface area contributed by atoms with Gasteiger partial charge in [-0.05, 0) is 51.4 Å². The molecule has 76 valence electrons. The Morgan fingerprint density at radius 1 is 1.46 bits per heavy atom. The number of hydrogen-bond acceptors (Lipinski definition) is 2. The van der Waals surface area contributed by atoms with Crippen molar-refractivity contribution in [3.63, 3.8) is 0 Å². The van der Waals surface area contributed by atoms with Gasteiger partial charge in [0.2, 0.25) is 0 Å². The second-order valence-electron chi connectivity index (χ2n) is 4.97. The van der Waals surface area contributed by atoms with Crippen molar-refractivity contribution in [1.82, 2.24) is 0 Å². The van der Waals surface area contributed by atoms with Crippen molar-refractivity contribution in [3.05, 3.63) is 0 Å². The highest BCUT2D eigenvalue weighted by molar-refractivity contribution is 4.98. The fourth-order valence-electron chi connectivity index (χ4n) is 2.26. The predicted octanol–water partition coefficient (Wildman–Crippen LogP) is 2.07. The minimum Gasteiger partial charge on any atom is -0.378 e. The quantitative estimate of drug-likeness (QED) is 0.727. The molecule has 2 unspecified atom stereocenters. The van der Waals surface area contributed by atoms with Gasteiger partial charge in [0, 0.05) is 12.1 Å². The van der Waals surface area contributed by atoms with E-state index >= 15 is 0 Å². The molecule has 1 aliphatic heterocycles. The lowest BCUT2D eigenvalue weighted by Crippen LogP contribution is -2.27. The lowest BCUT2D eigenvalue weighted by atomic mass is 9.90. The van der Waals surface area contributed by atoms with Crippen LogP contribution in [0.2, 0.25) is 0 Å². The minimum absolute atomic E-state index is 0.252. The van der Waals surface area contributed by atoms with E-state index in [0.29, 0.717) is 6.10 Å². The zero-order valence-electron chi connectivity index (χ0n) is 8.59. The highest BCUT2D eigenvalue weighted by Gasteiger charge is 2.38. The molecule has 2 heteroatoms. The Morgan fingerprint density at radius 3 is 2.85 bits per heavy atom. The summed E-state index contributed by atoms with van der Waals surface area (Å²) in [5.41, 5.74) is 6.32. The first-order valence-corrected chi connectivity index (χ1v) is 5.58. The van der Waals surface area contributed by atoms with Gasteiger partial charge in [-0.3, -0.25) is 0 Å². The molecular formula is C11H21NO. The maximum absolute atomic E-state index is 6.07. The largest absolute Gasteiger partial charge is 0.378 e. The van der Waals surface area contributed by atoms with Gasteiger partial charge in [0.1, 0.15) is 0 Å². The van der Waals surface area contributed by atoms with Crippen LogP contribution in [0.5, 0.6) is 0 Å². The molecule has 1 aliphatic carbocycles. The van der Waals surface area contributed by atoms with Gasteiger partial charge in [-0.15, -0.1) is 0 Å². The fraction of sp³-hybridized carbons (Fsp3) is 1.00. The van der Waals surface area contributed by atoms with E-state index in [4.69, 9.17) is 10.5 Å². The fourth-order valence-corrected chi connectivity index (χ4v) is 2.26. The lowest BCUT2D eigenvalue weighted by Gasteiger charge is -2.27. The van der Waals surface area contributed by atoms with E-state index in [1.165, 1.54) is 38.5 Å². The van der Waals surface area contributed by atoms with Crippen molar-refractivity contribution in [1.29, 1.82) is 0 Å². The van der Waals surface area contributed by atoms with Crippen LogP contribution in [0.3, 0.4) is 0 Å². The summed E-state index contributed by atoms with van der Waals surface area (Å²) in [6.07, 6.45) is 8.05. The summed E-state index contributed by atoms with van der Waals surface area (Å²) in [5.74, 6) is 0.879. The first kappa shape index (κ1) is 9.47. The molecule has 2 rings (SSSR count). The van der Waals surface area contributed by atoms with Crippen LogP contribution in [0.15, 0.2) is 0 Å². The smallest absolute Gasteiger partial charge is 0.0549 e. The molecule has 0 aromatic rings. The molecule has 2 atom stereocenters. The van der Waals surface area contributed by atoms with Crippen LogP contribution in [0.25, 0.3) is 0 Å². The average molecular weight is 183 g/mol. The second-order valence-corrected chi connectivity index (χ2v) is 4.97. The highest BCUT2D eigenvalue weighted by Crippen LogP contribution is 2.39. The number of rotatable bonds is 3. The van der Waals surface area contributed by atoms with Crippen molar-refractivity contribution < 1.29 is 4.74 Å². The van der Waals surface area contributed by atoms with Crippen LogP contribution in [0.4, 0.5) is 0 Å². The van der Waals surface area contributed by atoms with Gasteiger partial charge in [0.25, 0.3) is 0 Å². The van der Waals surface area contributed by atoms with Crippen LogP contribution in [-0.4, -0.2) is 18.2 Å². The van der Waals surface area contributed by atoms with Gasteiger partial charge in [-0.1, -0.05) is 0 Å². The van der Waals surface area contributed by atoms with E-state index in [1.807, 2.05) is 0 Å². The van der Waals surface area contributed by atoms with Crippen LogP contribution >= 0.6 is 0 Å². The molecule has 1 saturated heterocycles. The summed E-state index contributed by atoms with van der Waals surface area (Å²) in [5, 5.41) is 0. The zero-order valence-corrected chi connectivity index (χ0v) is 8.59. The first-order chi connectivity index (χ1) is 6.18. The maximum atomic E-state index is 6.07. The van der Waals surface area contributed by atoms with E-state index in [1.54, 1.807) is 0 Å². The van der Waals surface area contributed by atoms with E-state index < -0.39 is 0 Å². The molecule has 0 spiro atoms. The molecule has 0 aromatic heterocycles. The van der Waals surface area contributed by atoms with Crippen LogP contribution in [-0.2, 0) is 4.74 Å². The van der Waals surface area contributed by atoms with Crippen molar-refractivity contribution in [2.45, 2.75) is 57.1 Å². The zero-order chi connectivity index (χ0) is 9.31. The van der Waals surface area contributed by atoms with Gasteiger partial charge in [0.15, 0.2) is 0 Å². The van der Waals surface area contributed by atoms with E-state index in [2.05, 4.69) is 6.92 Å².